The Balaban J connectivity index is 2.20. The molecule has 0 aliphatic carbocycles. The molecule has 0 saturated heterocycles. The highest BCUT2D eigenvalue weighted by molar-refractivity contribution is 5.80. The van der Waals surface area contributed by atoms with Crippen LogP contribution in [0, 0.1) is 5.92 Å². The predicted molar refractivity (Wildman–Crippen MR) is 85.1 cm³/mol. The number of allylic oxidation sites excluding steroid dienone is 1. The molecule has 0 fully saturated rings. The van der Waals surface area contributed by atoms with Gasteiger partial charge in [-0.05, 0) is 39.2 Å². The number of rotatable bonds is 5. The molecule has 2 rings (SSSR count). The lowest BCUT2D eigenvalue weighted by molar-refractivity contribution is 0.131. The van der Waals surface area contributed by atoms with Gasteiger partial charge in [0, 0.05) is 12.3 Å². The van der Waals surface area contributed by atoms with Crippen LogP contribution in [0.5, 0.6) is 0 Å². The molecule has 2 nitrogen and oxygen atoms in total. The van der Waals surface area contributed by atoms with Crippen LogP contribution in [-0.4, -0.2) is 17.5 Å². The molecule has 1 aliphatic heterocycles. The van der Waals surface area contributed by atoms with E-state index in [2.05, 4.69) is 51.6 Å². The van der Waals surface area contributed by atoms with E-state index >= 15 is 0 Å². The Kier molecular flexibility index (Phi) is 4.64. The molecule has 0 amide bonds. The van der Waals surface area contributed by atoms with Crippen molar-refractivity contribution in [3.05, 3.63) is 48.6 Å². The zero-order valence-corrected chi connectivity index (χ0v) is 12.8. The van der Waals surface area contributed by atoms with E-state index in [-0.39, 0.29) is 17.6 Å². The summed E-state index contributed by atoms with van der Waals surface area (Å²) in [7, 11) is 0. The fourth-order valence-electron chi connectivity index (χ4n) is 2.88. The van der Waals surface area contributed by atoms with Gasteiger partial charge in [-0.15, -0.1) is 6.58 Å². The van der Waals surface area contributed by atoms with Gasteiger partial charge in [-0.3, -0.25) is 0 Å². The van der Waals surface area contributed by atoms with Crippen LogP contribution in [0.25, 0.3) is 0 Å². The summed E-state index contributed by atoms with van der Waals surface area (Å²) < 4.78 is 6.01. The average molecular weight is 271 g/mol. The molecular weight excluding hydrogens is 246 g/mol. The van der Waals surface area contributed by atoms with Crippen molar-refractivity contribution < 1.29 is 4.74 Å². The first kappa shape index (κ1) is 14.8. The molecule has 1 aromatic rings. The lowest BCUT2D eigenvalue weighted by Gasteiger charge is -2.34. The summed E-state index contributed by atoms with van der Waals surface area (Å²) in [5, 5.41) is 0. The van der Waals surface area contributed by atoms with Gasteiger partial charge in [0.05, 0.1) is 11.6 Å². The number of ether oxygens (including phenoxy) is 1. The Labute approximate surface area is 122 Å². The summed E-state index contributed by atoms with van der Waals surface area (Å²) in [5.74, 6) is 1.19. The lowest BCUT2D eigenvalue weighted by atomic mass is 9.92. The summed E-state index contributed by atoms with van der Waals surface area (Å²) >= 11 is 0. The van der Waals surface area contributed by atoms with Gasteiger partial charge in [0.1, 0.15) is 0 Å². The largest absolute Gasteiger partial charge is 0.478 e. The quantitative estimate of drug-likeness (QED) is 0.727. The van der Waals surface area contributed by atoms with Crippen molar-refractivity contribution in [2.75, 3.05) is 0 Å². The molecule has 20 heavy (non-hydrogen) atoms. The van der Waals surface area contributed by atoms with Crippen molar-refractivity contribution in [1.82, 2.24) is 0 Å². The van der Waals surface area contributed by atoms with Crippen LogP contribution in [0.4, 0.5) is 0 Å². The third kappa shape index (κ3) is 3.96. The molecule has 2 unspecified atom stereocenters. The van der Waals surface area contributed by atoms with Crippen molar-refractivity contribution in [3.8, 4) is 0 Å². The van der Waals surface area contributed by atoms with Gasteiger partial charge in [-0.25, -0.2) is 4.99 Å². The Bertz CT molecular complexity index is 475. The number of hydrogen-bond acceptors (Lipinski definition) is 2. The lowest BCUT2D eigenvalue weighted by Crippen LogP contribution is -2.37. The van der Waals surface area contributed by atoms with E-state index in [1.165, 1.54) is 5.56 Å². The molecule has 0 spiro atoms. The van der Waals surface area contributed by atoms with Crippen molar-refractivity contribution in [3.63, 3.8) is 0 Å². The Morgan fingerprint density at radius 1 is 1.40 bits per heavy atom. The van der Waals surface area contributed by atoms with E-state index < -0.39 is 0 Å². The van der Waals surface area contributed by atoms with E-state index in [9.17, 15) is 0 Å². The Hall–Kier alpha value is -1.57. The summed E-state index contributed by atoms with van der Waals surface area (Å²) in [5.41, 5.74) is 1.30. The maximum absolute atomic E-state index is 6.01. The minimum atomic E-state index is -0.0247. The van der Waals surface area contributed by atoms with Crippen LogP contribution in [0.2, 0.25) is 0 Å². The number of hydrogen-bond donors (Lipinski definition) is 0. The van der Waals surface area contributed by atoms with E-state index in [1.807, 2.05) is 12.1 Å². The summed E-state index contributed by atoms with van der Waals surface area (Å²) in [6, 6.07) is 10.5. The topological polar surface area (TPSA) is 21.6 Å². The Morgan fingerprint density at radius 3 is 2.70 bits per heavy atom. The van der Waals surface area contributed by atoms with Crippen LogP contribution < -0.4 is 0 Å². The van der Waals surface area contributed by atoms with Gasteiger partial charge in [-0.1, -0.05) is 36.4 Å². The second-order valence-electron chi connectivity index (χ2n) is 6.31. The van der Waals surface area contributed by atoms with Gasteiger partial charge < -0.3 is 4.74 Å². The number of nitrogens with zero attached hydrogens (tertiary/aromatic N) is 1. The van der Waals surface area contributed by atoms with E-state index in [4.69, 9.17) is 9.73 Å². The fourth-order valence-corrected chi connectivity index (χ4v) is 2.88. The number of aliphatic imine (C=N–C) groups is 1. The van der Waals surface area contributed by atoms with Crippen LogP contribution in [0.1, 0.15) is 39.2 Å². The third-order valence-corrected chi connectivity index (χ3v) is 3.65. The summed E-state index contributed by atoms with van der Waals surface area (Å²) in [6.45, 7) is 10.4. The third-order valence-electron chi connectivity index (χ3n) is 3.65. The average Bonchev–Trinajstić information content (AvgIpc) is 2.37. The Morgan fingerprint density at radius 2 is 2.10 bits per heavy atom. The highest BCUT2D eigenvalue weighted by Crippen LogP contribution is 2.28. The minimum absolute atomic E-state index is 0.0247. The molecule has 108 valence electrons. The first-order valence-corrected chi connectivity index (χ1v) is 7.41. The van der Waals surface area contributed by atoms with Crippen molar-refractivity contribution in [2.24, 2.45) is 10.9 Å². The van der Waals surface area contributed by atoms with Crippen LogP contribution in [-0.2, 0) is 11.2 Å². The highest BCUT2D eigenvalue weighted by atomic mass is 16.5. The molecule has 0 bridgehead atoms. The molecule has 2 atom stereocenters. The minimum Gasteiger partial charge on any atom is -0.478 e. The predicted octanol–water partition coefficient (Wildman–Crippen LogP) is 4.41. The van der Waals surface area contributed by atoms with E-state index in [0.717, 1.165) is 25.2 Å². The standard InChI is InChI=1S/C18H25NO/c1-5-9-16(12-15-10-7-6-8-11-15)17-19-18(3,4)13-14(2)20-17/h5-8,10-11,14,16H,1,9,12-13H2,2-4H3. The molecule has 2 heteroatoms. The zero-order valence-electron chi connectivity index (χ0n) is 12.8. The highest BCUT2D eigenvalue weighted by Gasteiger charge is 2.31. The summed E-state index contributed by atoms with van der Waals surface area (Å²) in [6.07, 6.45) is 5.03. The monoisotopic (exact) mass is 271 g/mol. The zero-order chi connectivity index (χ0) is 14.6. The fraction of sp³-hybridized carbons (Fsp3) is 0.500. The van der Waals surface area contributed by atoms with Gasteiger partial charge in [0.25, 0.3) is 0 Å². The second-order valence-corrected chi connectivity index (χ2v) is 6.31. The summed E-state index contributed by atoms with van der Waals surface area (Å²) in [4.78, 5) is 4.83. The molecular formula is C18H25NO. The first-order chi connectivity index (χ1) is 9.50. The van der Waals surface area contributed by atoms with Gasteiger partial charge in [0.2, 0.25) is 0 Å². The molecule has 0 radical (unpaired) electrons. The van der Waals surface area contributed by atoms with Crippen molar-refractivity contribution in [2.45, 2.75) is 51.7 Å². The first-order valence-electron chi connectivity index (χ1n) is 7.41. The number of benzene rings is 1. The normalized spacial score (nSPS) is 22.6. The molecule has 1 aromatic carbocycles. The van der Waals surface area contributed by atoms with Gasteiger partial charge in [0.15, 0.2) is 5.90 Å². The molecule has 1 aliphatic rings. The molecule has 0 N–H and O–H groups in total. The smallest absolute Gasteiger partial charge is 0.187 e. The maximum Gasteiger partial charge on any atom is 0.187 e. The van der Waals surface area contributed by atoms with Crippen LogP contribution in [0.3, 0.4) is 0 Å². The van der Waals surface area contributed by atoms with Crippen LogP contribution in [0.15, 0.2) is 48.0 Å². The second kappa shape index (κ2) is 6.25. The van der Waals surface area contributed by atoms with Gasteiger partial charge >= 0.3 is 0 Å². The molecule has 1 heterocycles. The van der Waals surface area contributed by atoms with Crippen molar-refractivity contribution >= 4 is 5.90 Å². The molecule has 0 saturated carbocycles. The van der Waals surface area contributed by atoms with Crippen molar-refractivity contribution in [1.29, 1.82) is 0 Å². The van der Waals surface area contributed by atoms with E-state index in [1.54, 1.807) is 0 Å². The van der Waals surface area contributed by atoms with E-state index in [0.29, 0.717) is 0 Å². The van der Waals surface area contributed by atoms with Gasteiger partial charge in [-0.2, -0.15) is 0 Å². The molecule has 0 aromatic heterocycles. The maximum atomic E-state index is 6.01. The SMILES string of the molecule is C=CCC(Cc1ccccc1)C1=NC(C)(C)CC(C)O1. The van der Waals surface area contributed by atoms with Crippen LogP contribution >= 0.6 is 0 Å².